The molecule has 1 heterocycles. The first kappa shape index (κ1) is 12.0. The fraction of sp³-hybridized carbons (Fsp3) is 0.583. The van der Waals surface area contributed by atoms with Crippen LogP contribution in [0.5, 0.6) is 0 Å². The van der Waals surface area contributed by atoms with Crippen LogP contribution in [-0.2, 0) is 0 Å². The first-order valence-electron chi connectivity index (χ1n) is 5.52. The van der Waals surface area contributed by atoms with Crippen LogP contribution in [0.15, 0.2) is 18.3 Å². The van der Waals surface area contributed by atoms with Gasteiger partial charge < -0.3 is 10.6 Å². The summed E-state index contributed by atoms with van der Waals surface area (Å²) in [6.07, 6.45) is 2.90. The van der Waals surface area contributed by atoms with Crippen LogP contribution in [0.3, 0.4) is 0 Å². The first-order chi connectivity index (χ1) is 7.15. The molecule has 0 radical (unpaired) electrons. The summed E-state index contributed by atoms with van der Waals surface area (Å²) >= 11 is 0. The van der Waals surface area contributed by atoms with Crippen molar-refractivity contribution < 1.29 is 0 Å². The van der Waals surface area contributed by atoms with Gasteiger partial charge in [-0.05, 0) is 31.0 Å². The van der Waals surface area contributed by atoms with E-state index in [2.05, 4.69) is 36.8 Å². The lowest BCUT2D eigenvalue weighted by Gasteiger charge is -2.19. The van der Waals surface area contributed by atoms with E-state index in [-0.39, 0.29) is 0 Å². The fourth-order valence-corrected chi connectivity index (χ4v) is 1.45. The molecule has 0 fully saturated rings. The van der Waals surface area contributed by atoms with E-state index in [9.17, 15) is 0 Å². The number of hydrogen-bond acceptors (Lipinski definition) is 3. The average molecular weight is 207 g/mol. The Balaban J connectivity index is 2.71. The summed E-state index contributed by atoms with van der Waals surface area (Å²) in [5.41, 5.74) is 7.86. The smallest absolute Gasteiger partial charge is 0.0449 e. The van der Waals surface area contributed by atoms with E-state index in [1.807, 2.05) is 12.3 Å². The van der Waals surface area contributed by atoms with Gasteiger partial charge in [0.25, 0.3) is 0 Å². The van der Waals surface area contributed by atoms with Crippen molar-refractivity contribution in [1.29, 1.82) is 0 Å². The van der Waals surface area contributed by atoms with Gasteiger partial charge in [0.1, 0.15) is 0 Å². The molecule has 1 aromatic heterocycles. The van der Waals surface area contributed by atoms with Crippen LogP contribution in [0.25, 0.3) is 0 Å². The summed E-state index contributed by atoms with van der Waals surface area (Å²) in [6, 6.07) is 4.20. The second-order valence-corrected chi connectivity index (χ2v) is 4.16. The fourth-order valence-electron chi connectivity index (χ4n) is 1.45. The Morgan fingerprint density at radius 3 is 2.80 bits per heavy atom. The van der Waals surface area contributed by atoms with Crippen LogP contribution in [0, 0.1) is 0 Å². The molecule has 0 aliphatic heterocycles. The highest BCUT2D eigenvalue weighted by molar-refractivity contribution is 5.46. The van der Waals surface area contributed by atoms with Crippen molar-refractivity contribution in [3.05, 3.63) is 24.0 Å². The van der Waals surface area contributed by atoms with Gasteiger partial charge in [-0.15, -0.1) is 0 Å². The summed E-state index contributed by atoms with van der Waals surface area (Å²) in [5.74, 6) is 0.479. The van der Waals surface area contributed by atoms with E-state index in [0.29, 0.717) is 5.92 Å². The van der Waals surface area contributed by atoms with Gasteiger partial charge >= 0.3 is 0 Å². The predicted octanol–water partition coefficient (Wildman–Crippen LogP) is 1.99. The normalized spacial score (nSPS) is 10.7. The molecule has 1 rings (SSSR count). The van der Waals surface area contributed by atoms with Gasteiger partial charge in [-0.3, -0.25) is 4.98 Å². The minimum Gasteiger partial charge on any atom is -0.374 e. The number of nitrogens with two attached hydrogens (primary N) is 1. The number of hydrogen-bond donors (Lipinski definition) is 1. The Morgan fingerprint density at radius 2 is 2.20 bits per heavy atom. The van der Waals surface area contributed by atoms with E-state index in [1.165, 1.54) is 5.69 Å². The Bertz CT molecular complexity index is 297. The van der Waals surface area contributed by atoms with Crippen molar-refractivity contribution in [2.24, 2.45) is 5.73 Å². The summed E-state index contributed by atoms with van der Waals surface area (Å²) < 4.78 is 0. The number of aromatic nitrogens is 1. The lowest BCUT2D eigenvalue weighted by molar-refractivity contribution is 0.786. The van der Waals surface area contributed by atoms with Crippen molar-refractivity contribution in [2.45, 2.75) is 26.2 Å². The molecule has 3 nitrogen and oxygen atoms in total. The molecule has 0 saturated carbocycles. The van der Waals surface area contributed by atoms with Crippen molar-refractivity contribution in [3.8, 4) is 0 Å². The number of nitrogens with zero attached hydrogens (tertiary/aromatic N) is 2. The minimum atomic E-state index is 0.479. The molecule has 15 heavy (non-hydrogen) atoms. The highest BCUT2D eigenvalue weighted by atomic mass is 15.1. The SMILES string of the molecule is CC(C)c1cc(N(C)CCCN)ccn1. The van der Waals surface area contributed by atoms with Crippen LogP contribution in [0.1, 0.15) is 31.9 Å². The monoisotopic (exact) mass is 207 g/mol. The molecule has 3 heteroatoms. The van der Waals surface area contributed by atoms with Crippen molar-refractivity contribution >= 4 is 5.69 Å². The van der Waals surface area contributed by atoms with Gasteiger partial charge in [-0.25, -0.2) is 0 Å². The Morgan fingerprint density at radius 1 is 1.47 bits per heavy atom. The average Bonchev–Trinajstić information content (AvgIpc) is 2.26. The zero-order chi connectivity index (χ0) is 11.3. The maximum absolute atomic E-state index is 5.49. The quantitative estimate of drug-likeness (QED) is 0.803. The van der Waals surface area contributed by atoms with Crippen LogP contribution < -0.4 is 10.6 Å². The molecule has 0 unspecified atom stereocenters. The van der Waals surface area contributed by atoms with E-state index < -0.39 is 0 Å². The van der Waals surface area contributed by atoms with Gasteiger partial charge in [0.2, 0.25) is 0 Å². The molecule has 0 saturated heterocycles. The van der Waals surface area contributed by atoms with Gasteiger partial charge in [0.15, 0.2) is 0 Å². The summed E-state index contributed by atoms with van der Waals surface area (Å²) in [7, 11) is 2.09. The first-order valence-corrected chi connectivity index (χ1v) is 5.52. The van der Waals surface area contributed by atoms with Crippen LogP contribution in [0.4, 0.5) is 5.69 Å². The van der Waals surface area contributed by atoms with Gasteiger partial charge in [0, 0.05) is 31.2 Å². The van der Waals surface area contributed by atoms with Crippen molar-refractivity contribution in [3.63, 3.8) is 0 Å². The Kier molecular flexibility index (Phi) is 4.56. The van der Waals surface area contributed by atoms with Crippen LogP contribution >= 0.6 is 0 Å². The maximum Gasteiger partial charge on any atom is 0.0449 e. The van der Waals surface area contributed by atoms with Gasteiger partial charge in [-0.1, -0.05) is 13.8 Å². The standard InChI is InChI=1S/C12H21N3/c1-10(2)12-9-11(5-7-14-12)15(3)8-4-6-13/h5,7,9-10H,4,6,8,13H2,1-3H3. The van der Waals surface area contributed by atoms with E-state index in [0.717, 1.165) is 25.2 Å². The van der Waals surface area contributed by atoms with E-state index >= 15 is 0 Å². The molecule has 0 bridgehead atoms. The molecular weight excluding hydrogens is 186 g/mol. The van der Waals surface area contributed by atoms with Crippen molar-refractivity contribution in [1.82, 2.24) is 4.98 Å². The molecule has 0 amide bonds. The van der Waals surface area contributed by atoms with Crippen molar-refractivity contribution in [2.75, 3.05) is 25.0 Å². The Hall–Kier alpha value is -1.09. The second-order valence-electron chi connectivity index (χ2n) is 4.16. The Labute approximate surface area is 92.3 Å². The molecule has 0 atom stereocenters. The zero-order valence-corrected chi connectivity index (χ0v) is 9.90. The molecular formula is C12H21N3. The lowest BCUT2D eigenvalue weighted by atomic mass is 10.1. The number of anilines is 1. The van der Waals surface area contributed by atoms with Crippen LogP contribution in [0.2, 0.25) is 0 Å². The van der Waals surface area contributed by atoms with Crippen LogP contribution in [-0.4, -0.2) is 25.1 Å². The third kappa shape index (κ3) is 3.51. The molecule has 0 aliphatic carbocycles. The van der Waals surface area contributed by atoms with E-state index in [4.69, 9.17) is 5.73 Å². The third-order valence-corrected chi connectivity index (χ3v) is 2.49. The number of pyridine rings is 1. The summed E-state index contributed by atoms with van der Waals surface area (Å²) in [5, 5.41) is 0. The van der Waals surface area contributed by atoms with E-state index in [1.54, 1.807) is 0 Å². The minimum absolute atomic E-state index is 0.479. The van der Waals surface area contributed by atoms with Gasteiger partial charge in [-0.2, -0.15) is 0 Å². The molecule has 1 aromatic rings. The highest BCUT2D eigenvalue weighted by Crippen LogP contribution is 2.18. The molecule has 84 valence electrons. The second kappa shape index (κ2) is 5.71. The molecule has 0 spiro atoms. The predicted molar refractivity (Wildman–Crippen MR) is 65.3 cm³/mol. The lowest BCUT2D eigenvalue weighted by Crippen LogP contribution is -2.21. The number of rotatable bonds is 5. The summed E-state index contributed by atoms with van der Waals surface area (Å²) in [4.78, 5) is 6.57. The topological polar surface area (TPSA) is 42.1 Å². The zero-order valence-electron chi connectivity index (χ0n) is 9.90. The maximum atomic E-state index is 5.49. The van der Waals surface area contributed by atoms with Gasteiger partial charge in [0.05, 0.1) is 0 Å². The largest absolute Gasteiger partial charge is 0.374 e. The highest BCUT2D eigenvalue weighted by Gasteiger charge is 2.04. The molecule has 2 N–H and O–H groups in total. The summed E-state index contributed by atoms with van der Waals surface area (Å²) in [6.45, 7) is 6.06. The third-order valence-electron chi connectivity index (χ3n) is 2.49. The molecule has 0 aliphatic rings. The molecule has 0 aromatic carbocycles.